The van der Waals surface area contributed by atoms with Gasteiger partial charge in [0, 0.05) is 22.6 Å². The highest BCUT2D eigenvalue weighted by Gasteiger charge is 2.09. The first kappa shape index (κ1) is 14.6. The third kappa shape index (κ3) is 3.03. The van der Waals surface area contributed by atoms with E-state index in [1.54, 1.807) is 18.2 Å². The van der Waals surface area contributed by atoms with E-state index in [9.17, 15) is 9.18 Å². The van der Waals surface area contributed by atoms with Gasteiger partial charge in [0.25, 0.3) is 0 Å². The Morgan fingerprint density at radius 1 is 1.15 bits per heavy atom. The van der Waals surface area contributed by atoms with Crippen LogP contribution in [0.5, 0.6) is 0 Å². The molecule has 0 fully saturated rings. The third-order valence-electron chi connectivity index (χ3n) is 2.70. The van der Waals surface area contributed by atoms with Gasteiger partial charge < -0.3 is 11.1 Å². The van der Waals surface area contributed by atoms with Crippen molar-refractivity contribution in [3.8, 4) is 0 Å². The summed E-state index contributed by atoms with van der Waals surface area (Å²) in [4.78, 5) is 11.3. The van der Waals surface area contributed by atoms with Gasteiger partial charge >= 0.3 is 0 Å². The van der Waals surface area contributed by atoms with Crippen molar-refractivity contribution in [2.45, 2.75) is 6.92 Å². The minimum atomic E-state index is -0.662. The molecule has 104 valence electrons. The molecule has 2 aromatic rings. The second kappa shape index (κ2) is 5.69. The number of benzene rings is 2. The summed E-state index contributed by atoms with van der Waals surface area (Å²) in [6, 6.07) is 7.75. The van der Waals surface area contributed by atoms with Gasteiger partial charge in [-0.05, 0) is 37.3 Å². The molecule has 2 aromatic carbocycles. The molecule has 3 N–H and O–H groups in total. The van der Waals surface area contributed by atoms with E-state index in [-0.39, 0.29) is 15.8 Å². The number of ketones is 1. The highest BCUT2D eigenvalue weighted by molar-refractivity contribution is 6.35. The number of nitrogens with two attached hydrogens (primary N) is 1. The summed E-state index contributed by atoms with van der Waals surface area (Å²) in [5.41, 5.74) is 7.77. The average molecular weight is 313 g/mol. The summed E-state index contributed by atoms with van der Waals surface area (Å²) >= 11 is 11.4. The van der Waals surface area contributed by atoms with E-state index in [0.717, 1.165) is 0 Å². The van der Waals surface area contributed by atoms with E-state index in [0.29, 0.717) is 22.6 Å². The van der Waals surface area contributed by atoms with Crippen molar-refractivity contribution in [1.29, 1.82) is 0 Å². The minimum Gasteiger partial charge on any atom is -0.398 e. The predicted octanol–water partition coefficient (Wildman–Crippen LogP) is 4.66. The number of carbonyl (C=O) groups is 1. The number of carbonyl (C=O) groups excluding carboxylic acids is 1. The topological polar surface area (TPSA) is 55.1 Å². The Balaban J connectivity index is 2.31. The molecule has 3 nitrogen and oxygen atoms in total. The predicted molar refractivity (Wildman–Crippen MR) is 80.6 cm³/mol. The van der Waals surface area contributed by atoms with Crippen LogP contribution in [0.25, 0.3) is 0 Å². The second-order valence-electron chi connectivity index (χ2n) is 4.24. The lowest BCUT2D eigenvalue weighted by atomic mass is 10.1. The van der Waals surface area contributed by atoms with Crippen LogP contribution in [0.4, 0.5) is 21.5 Å². The van der Waals surface area contributed by atoms with Crippen LogP contribution in [0.1, 0.15) is 17.3 Å². The third-order valence-corrected chi connectivity index (χ3v) is 3.25. The minimum absolute atomic E-state index is 0.0756. The fourth-order valence-corrected chi connectivity index (χ4v) is 2.24. The molecular weight excluding hydrogens is 302 g/mol. The van der Waals surface area contributed by atoms with E-state index in [4.69, 9.17) is 28.9 Å². The number of nitrogen functional groups attached to an aromatic ring is 1. The summed E-state index contributed by atoms with van der Waals surface area (Å²) in [5, 5.41) is 2.84. The first-order chi connectivity index (χ1) is 9.38. The van der Waals surface area contributed by atoms with Crippen molar-refractivity contribution >= 4 is 46.0 Å². The van der Waals surface area contributed by atoms with Gasteiger partial charge in [0.15, 0.2) is 11.6 Å². The lowest BCUT2D eigenvalue weighted by Crippen LogP contribution is -2.01. The molecule has 2 rings (SSSR count). The van der Waals surface area contributed by atoms with E-state index in [2.05, 4.69) is 5.32 Å². The summed E-state index contributed by atoms with van der Waals surface area (Å²) in [5.74, 6) is -0.771. The van der Waals surface area contributed by atoms with Crippen molar-refractivity contribution in [3.63, 3.8) is 0 Å². The maximum Gasteiger partial charge on any atom is 0.161 e. The van der Waals surface area contributed by atoms with Crippen LogP contribution < -0.4 is 11.1 Å². The fourth-order valence-electron chi connectivity index (χ4n) is 1.76. The van der Waals surface area contributed by atoms with Gasteiger partial charge in [-0.3, -0.25) is 4.79 Å². The highest BCUT2D eigenvalue weighted by Crippen LogP contribution is 2.30. The summed E-state index contributed by atoms with van der Waals surface area (Å²) in [6.45, 7) is 1.44. The monoisotopic (exact) mass is 312 g/mol. The molecule has 0 radical (unpaired) electrons. The molecule has 0 heterocycles. The highest BCUT2D eigenvalue weighted by atomic mass is 35.5. The van der Waals surface area contributed by atoms with Gasteiger partial charge in [-0.2, -0.15) is 0 Å². The maximum atomic E-state index is 13.3. The van der Waals surface area contributed by atoms with Gasteiger partial charge in [-0.25, -0.2) is 4.39 Å². The first-order valence-electron chi connectivity index (χ1n) is 5.70. The van der Waals surface area contributed by atoms with Gasteiger partial charge in [-0.1, -0.05) is 23.2 Å². The average Bonchev–Trinajstić information content (AvgIpc) is 2.35. The zero-order valence-electron chi connectivity index (χ0n) is 10.5. The normalized spacial score (nSPS) is 10.4. The van der Waals surface area contributed by atoms with Crippen LogP contribution >= 0.6 is 23.2 Å². The lowest BCUT2D eigenvalue weighted by Gasteiger charge is -2.10. The summed E-state index contributed by atoms with van der Waals surface area (Å²) < 4.78 is 13.3. The molecule has 0 aliphatic carbocycles. The molecule has 0 amide bonds. The Bertz CT molecular complexity index is 666. The van der Waals surface area contributed by atoms with Gasteiger partial charge in [0.05, 0.1) is 10.0 Å². The maximum absolute atomic E-state index is 13.3. The number of hydrogen-bond acceptors (Lipinski definition) is 3. The molecule has 0 saturated heterocycles. The smallest absolute Gasteiger partial charge is 0.161 e. The van der Waals surface area contributed by atoms with Crippen molar-refractivity contribution in [2.24, 2.45) is 0 Å². The largest absolute Gasteiger partial charge is 0.398 e. The molecule has 20 heavy (non-hydrogen) atoms. The van der Waals surface area contributed by atoms with Crippen molar-refractivity contribution in [2.75, 3.05) is 11.1 Å². The standard InChI is InChI=1S/C14H11Cl2FN2O/c1-7(20)10-3-2-8(6-13(10)18)19-9-4-11(15)14(17)12(16)5-9/h2-6,19H,18H2,1H3. The second-order valence-corrected chi connectivity index (χ2v) is 5.05. The van der Waals surface area contributed by atoms with Gasteiger partial charge in [-0.15, -0.1) is 0 Å². The molecule has 0 atom stereocenters. The number of hydrogen-bond donors (Lipinski definition) is 2. The van der Waals surface area contributed by atoms with E-state index < -0.39 is 5.82 Å². The molecular formula is C14H11Cl2FN2O. The molecule has 0 saturated carbocycles. The zero-order valence-corrected chi connectivity index (χ0v) is 12.0. The quantitative estimate of drug-likeness (QED) is 0.492. The van der Waals surface area contributed by atoms with Crippen LogP contribution in [0.2, 0.25) is 10.0 Å². The number of anilines is 3. The SMILES string of the molecule is CC(=O)c1ccc(Nc2cc(Cl)c(F)c(Cl)c2)cc1N. The van der Waals surface area contributed by atoms with E-state index in [1.807, 2.05) is 0 Å². The lowest BCUT2D eigenvalue weighted by molar-refractivity contribution is 0.101. The summed E-state index contributed by atoms with van der Waals surface area (Å²) in [6.07, 6.45) is 0. The number of rotatable bonds is 3. The van der Waals surface area contributed by atoms with Crippen LogP contribution in [-0.4, -0.2) is 5.78 Å². The van der Waals surface area contributed by atoms with Crippen LogP contribution in [0.15, 0.2) is 30.3 Å². The Labute approximate surface area is 125 Å². The van der Waals surface area contributed by atoms with Crippen molar-refractivity contribution in [1.82, 2.24) is 0 Å². The molecule has 0 aromatic heterocycles. The van der Waals surface area contributed by atoms with Crippen LogP contribution in [0.3, 0.4) is 0 Å². The number of nitrogens with one attached hydrogen (secondary N) is 1. The zero-order chi connectivity index (χ0) is 14.9. The molecule has 0 aliphatic heterocycles. The fraction of sp³-hybridized carbons (Fsp3) is 0.0714. The van der Waals surface area contributed by atoms with Crippen LogP contribution in [0, 0.1) is 5.82 Å². The molecule has 0 spiro atoms. The number of halogens is 3. The Morgan fingerprint density at radius 2 is 1.75 bits per heavy atom. The number of Topliss-reactive ketones (excluding diaryl/α,β-unsaturated/α-hetero) is 1. The Kier molecular flexibility index (Phi) is 4.16. The molecule has 0 unspecified atom stereocenters. The summed E-state index contributed by atoms with van der Waals surface area (Å²) in [7, 11) is 0. The van der Waals surface area contributed by atoms with Crippen molar-refractivity contribution < 1.29 is 9.18 Å². The van der Waals surface area contributed by atoms with Crippen LogP contribution in [-0.2, 0) is 0 Å². The van der Waals surface area contributed by atoms with Gasteiger partial charge in [0.1, 0.15) is 0 Å². The van der Waals surface area contributed by atoms with Crippen molar-refractivity contribution in [3.05, 3.63) is 51.8 Å². The molecule has 6 heteroatoms. The first-order valence-corrected chi connectivity index (χ1v) is 6.46. The molecule has 0 bridgehead atoms. The van der Waals surface area contributed by atoms with E-state index >= 15 is 0 Å². The van der Waals surface area contributed by atoms with E-state index in [1.165, 1.54) is 19.1 Å². The Morgan fingerprint density at radius 3 is 2.25 bits per heavy atom. The molecule has 0 aliphatic rings. The Hall–Kier alpha value is -1.78. The van der Waals surface area contributed by atoms with Gasteiger partial charge in [0.2, 0.25) is 0 Å².